The number of aromatic hydroxyl groups is 2. The molecule has 0 fully saturated rings. The topological polar surface area (TPSA) is 88.4 Å². The molecule has 0 saturated heterocycles. The highest BCUT2D eigenvalue weighted by Crippen LogP contribution is 2.43. The molecule has 0 radical (unpaired) electrons. The predicted molar refractivity (Wildman–Crippen MR) is 131 cm³/mol. The first-order chi connectivity index (χ1) is 17.1. The van der Waals surface area contributed by atoms with Gasteiger partial charge in [0.05, 0.1) is 6.10 Å². The zero-order valence-corrected chi connectivity index (χ0v) is 19.0. The Hall–Kier alpha value is -4.16. The van der Waals surface area contributed by atoms with Crippen LogP contribution in [-0.2, 0) is 19.6 Å². The van der Waals surface area contributed by atoms with Crippen molar-refractivity contribution in [2.45, 2.75) is 31.8 Å². The quantitative estimate of drug-likeness (QED) is 0.340. The van der Waals surface area contributed by atoms with E-state index in [9.17, 15) is 15.3 Å². The average molecular weight is 471 g/mol. The fourth-order valence-electron chi connectivity index (χ4n) is 4.15. The molecule has 1 aliphatic rings. The number of ether oxygens (including phenoxy) is 3. The van der Waals surface area contributed by atoms with Crippen LogP contribution in [0.3, 0.4) is 0 Å². The summed E-state index contributed by atoms with van der Waals surface area (Å²) in [7, 11) is 0. The number of phenolic OH excluding ortho intramolecular Hbond substituents is 2. The average Bonchev–Trinajstić information content (AvgIpc) is 2.88. The van der Waals surface area contributed by atoms with Crippen LogP contribution in [0.25, 0.3) is 0 Å². The Morgan fingerprint density at radius 2 is 1.37 bits per heavy atom. The molecule has 4 aromatic carbocycles. The van der Waals surface area contributed by atoms with E-state index in [0.29, 0.717) is 41.6 Å². The number of rotatable bonds is 7. The molecule has 1 aliphatic heterocycles. The van der Waals surface area contributed by atoms with Crippen molar-refractivity contribution < 1.29 is 29.5 Å². The monoisotopic (exact) mass is 470 g/mol. The zero-order valence-electron chi connectivity index (χ0n) is 19.0. The van der Waals surface area contributed by atoms with Crippen molar-refractivity contribution in [1.29, 1.82) is 0 Å². The van der Waals surface area contributed by atoms with Crippen molar-refractivity contribution in [1.82, 2.24) is 0 Å². The highest BCUT2D eigenvalue weighted by Gasteiger charge is 2.32. The SMILES string of the molecule is Oc1cc(O)c2c(c1)O[C@H](c1ccc(OCc3ccccc3)c(OCc3ccccc3)c1)[C@H](O)C2. The van der Waals surface area contributed by atoms with E-state index in [0.717, 1.165) is 11.1 Å². The van der Waals surface area contributed by atoms with Crippen LogP contribution in [0, 0.1) is 0 Å². The third-order valence-corrected chi connectivity index (χ3v) is 5.96. The summed E-state index contributed by atoms with van der Waals surface area (Å²) in [5, 5.41) is 30.8. The van der Waals surface area contributed by atoms with Crippen molar-refractivity contribution >= 4 is 0 Å². The van der Waals surface area contributed by atoms with Gasteiger partial charge in [0.2, 0.25) is 0 Å². The predicted octanol–water partition coefficient (Wildman–Crippen LogP) is 5.29. The molecule has 1 heterocycles. The molecule has 0 bridgehead atoms. The van der Waals surface area contributed by atoms with E-state index >= 15 is 0 Å². The Bertz CT molecular complexity index is 1290. The fourth-order valence-corrected chi connectivity index (χ4v) is 4.15. The molecule has 0 saturated carbocycles. The number of hydrogen-bond donors (Lipinski definition) is 3. The third kappa shape index (κ3) is 5.18. The van der Waals surface area contributed by atoms with Crippen molar-refractivity contribution in [2.75, 3.05) is 0 Å². The van der Waals surface area contributed by atoms with Crippen molar-refractivity contribution in [3.05, 3.63) is 113 Å². The van der Waals surface area contributed by atoms with E-state index in [1.165, 1.54) is 12.1 Å². The summed E-state index contributed by atoms with van der Waals surface area (Å²) < 4.78 is 18.2. The zero-order chi connectivity index (χ0) is 24.2. The van der Waals surface area contributed by atoms with Crippen molar-refractivity contribution in [3.63, 3.8) is 0 Å². The third-order valence-electron chi connectivity index (χ3n) is 5.96. The summed E-state index contributed by atoms with van der Waals surface area (Å²) in [6, 6.07) is 27.8. The summed E-state index contributed by atoms with van der Waals surface area (Å²) in [6.45, 7) is 0.737. The van der Waals surface area contributed by atoms with E-state index < -0.39 is 12.2 Å². The van der Waals surface area contributed by atoms with Crippen molar-refractivity contribution in [2.24, 2.45) is 0 Å². The van der Waals surface area contributed by atoms with Gasteiger partial charge in [0.25, 0.3) is 0 Å². The molecule has 6 heteroatoms. The Labute approximate surface area is 203 Å². The van der Waals surface area contributed by atoms with Crippen LogP contribution >= 0.6 is 0 Å². The van der Waals surface area contributed by atoms with Gasteiger partial charge < -0.3 is 29.5 Å². The highest BCUT2D eigenvalue weighted by atomic mass is 16.5. The van der Waals surface area contributed by atoms with Gasteiger partial charge in [-0.05, 0) is 28.8 Å². The summed E-state index contributed by atoms with van der Waals surface area (Å²) >= 11 is 0. The molecule has 2 atom stereocenters. The number of aliphatic hydroxyl groups excluding tert-OH is 1. The lowest BCUT2D eigenvalue weighted by atomic mass is 9.94. The lowest BCUT2D eigenvalue weighted by molar-refractivity contribution is 0.0196. The molecule has 35 heavy (non-hydrogen) atoms. The van der Waals surface area contributed by atoms with Gasteiger partial charge in [-0.15, -0.1) is 0 Å². The van der Waals surface area contributed by atoms with Crippen LogP contribution in [0.5, 0.6) is 28.7 Å². The van der Waals surface area contributed by atoms with E-state index in [1.54, 1.807) is 0 Å². The largest absolute Gasteiger partial charge is 0.508 e. The molecule has 0 aliphatic carbocycles. The second-order valence-corrected chi connectivity index (χ2v) is 8.51. The van der Waals surface area contributed by atoms with Gasteiger partial charge in [0, 0.05) is 24.1 Å². The first-order valence-electron chi connectivity index (χ1n) is 11.4. The maximum atomic E-state index is 10.8. The molecular formula is C29H26O6. The fraction of sp³-hybridized carbons (Fsp3) is 0.172. The number of benzene rings is 4. The lowest BCUT2D eigenvalue weighted by Gasteiger charge is -2.31. The maximum Gasteiger partial charge on any atom is 0.162 e. The minimum Gasteiger partial charge on any atom is -0.508 e. The molecule has 4 aromatic rings. The van der Waals surface area contributed by atoms with Crippen molar-refractivity contribution in [3.8, 4) is 28.7 Å². The molecule has 6 nitrogen and oxygen atoms in total. The van der Waals surface area contributed by atoms with E-state index in [-0.39, 0.29) is 17.9 Å². The maximum absolute atomic E-state index is 10.8. The Balaban J connectivity index is 1.42. The number of aliphatic hydroxyl groups is 1. The standard InChI is InChI=1S/C29H26O6/c30-22-14-24(31)23-16-25(32)29(35-27(23)15-22)21-11-12-26(33-17-19-7-3-1-4-8-19)28(13-21)34-18-20-9-5-2-6-10-20/h1-15,25,29-32H,16-18H2/t25-,29-/m1/s1. The second kappa shape index (κ2) is 9.99. The molecular weight excluding hydrogens is 444 g/mol. The van der Waals surface area contributed by atoms with Crippen LogP contribution in [0.2, 0.25) is 0 Å². The van der Waals surface area contributed by atoms with Crippen LogP contribution in [0.15, 0.2) is 91.0 Å². The van der Waals surface area contributed by atoms with Crippen LogP contribution in [-0.4, -0.2) is 21.4 Å². The molecule has 5 rings (SSSR count). The first kappa shape index (κ1) is 22.6. The van der Waals surface area contributed by atoms with Gasteiger partial charge in [-0.2, -0.15) is 0 Å². The number of hydrogen-bond acceptors (Lipinski definition) is 6. The molecule has 3 N–H and O–H groups in total. The first-order valence-corrected chi connectivity index (χ1v) is 11.4. The lowest BCUT2D eigenvalue weighted by Crippen LogP contribution is -2.30. The molecule has 0 unspecified atom stereocenters. The minimum absolute atomic E-state index is 0.103. The van der Waals surface area contributed by atoms with E-state index in [4.69, 9.17) is 14.2 Å². The van der Waals surface area contributed by atoms with Crippen LogP contribution < -0.4 is 14.2 Å². The normalized spacial score (nSPS) is 16.7. The van der Waals surface area contributed by atoms with E-state index in [1.807, 2.05) is 78.9 Å². The van der Waals surface area contributed by atoms with Crippen LogP contribution in [0.4, 0.5) is 0 Å². The summed E-state index contributed by atoms with van der Waals surface area (Å²) in [5.41, 5.74) is 3.21. The van der Waals surface area contributed by atoms with Gasteiger partial charge in [0.15, 0.2) is 11.5 Å². The molecule has 0 spiro atoms. The Morgan fingerprint density at radius 3 is 2.03 bits per heavy atom. The van der Waals surface area contributed by atoms with Gasteiger partial charge in [-0.25, -0.2) is 0 Å². The minimum atomic E-state index is -0.893. The van der Waals surface area contributed by atoms with Crippen LogP contribution in [0.1, 0.15) is 28.4 Å². The second-order valence-electron chi connectivity index (χ2n) is 8.51. The molecule has 0 amide bonds. The number of fused-ring (bicyclic) bond motifs is 1. The van der Waals surface area contributed by atoms with Gasteiger partial charge >= 0.3 is 0 Å². The van der Waals surface area contributed by atoms with Gasteiger partial charge in [-0.1, -0.05) is 66.7 Å². The highest BCUT2D eigenvalue weighted by molar-refractivity contribution is 5.52. The molecule has 178 valence electrons. The molecule has 0 aromatic heterocycles. The van der Waals surface area contributed by atoms with Gasteiger partial charge in [-0.3, -0.25) is 0 Å². The van der Waals surface area contributed by atoms with E-state index in [2.05, 4.69) is 0 Å². The Kier molecular flexibility index (Phi) is 6.46. The number of phenols is 2. The Morgan fingerprint density at radius 1 is 0.743 bits per heavy atom. The van der Waals surface area contributed by atoms with Gasteiger partial charge in [0.1, 0.15) is 36.6 Å². The summed E-state index contributed by atoms with van der Waals surface area (Å²) in [6.07, 6.45) is -1.40. The summed E-state index contributed by atoms with van der Waals surface area (Å²) in [4.78, 5) is 0. The smallest absolute Gasteiger partial charge is 0.162 e. The summed E-state index contributed by atoms with van der Waals surface area (Å²) in [5.74, 6) is 1.24.